The van der Waals surface area contributed by atoms with Crippen LogP contribution in [0.3, 0.4) is 0 Å². The molecule has 2 rings (SSSR count). The third kappa shape index (κ3) is 5.40. The van der Waals surface area contributed by atoms with Gasteiger partial charge < -0.3 is 14.8 Å². The number of hydrogen-bond acceptors (Lipinski definition) is 7. The third-order valence-electron chi connectivity index (χ3n) is 4.18. The molecule has 0 heterocycles. The van der Waals surface area contributed by atoms with E-state index in [4.69, 9.17) is 4.74 Å². The van der Waals surface area contributed by atoms with Crippen molar-refractivity contribution >= 4 is 23.6 Å². The predicted octanol–water partition coefficient (Wildman–Crippen LogP) is 1.92. The van der Waals surface area contributed by atoms with Crippen molar-refractivity contribution in [3.63, 3.8) is 0 Å². The molecule has 1 aromatic carbocycles. The number of esters is 1. The minimum Gasteiger partial charge on any atom is -0.474 e. The number of methoxy groups -OCH3 is 1. The first-order valence-corrected chi connectivity index (χ1v) is 8.46. The lowest BCUT2D eigenvalue weighted by molar-refractivity contribution is -0.386. The van der Waals surface area contributed by atoms with Crippen LogP contribution in [0.15, 0.2) is 18.2 Å². The van der Waals surface area contributed by atoms with Gasteiger partial charge in [0, 0.05) is 12.1 Å². The normalized spacial score (nSPS) is 14.9. The van der Waals surface area contributed by atoms with Crippen LogP contribution in [-0.2, 0) is 9.53 Å². The number of rotatable bonds is 6. The summed E-state index contributed by atoms with van der Waals surface area (Å²) in [5.74, 6) is -1.68. The number of imide groups is 1. The van der Waals surface area contributed by atoms with Gasteiger partial charge in [-0.1, -0.05) is 12.8 Å². The van der Waals surface area contributed by atoms with E-state index in [9.17, 15) is 24.5 Å². The average Bonchev–Trinajstić information content (AvgIpc) is 3.13. The number of ether oxygens (including phenoxy) is 2. The van der Waals surface area contributed by atoms with Crippen LogP contribution in [0.1, 0.15) is 43.0 Å². The number of nitrogens with zero attached hydrogens (tertiary/aromatic N) is 1. The Kier molecular flexibility index (Phi) is 6.69. The van der Waals surface area contributed by atoms with Crippen LogP contribution in [0.2, 0.25) is 0 Å². The van der Waals surface area contributed by atoms with Crippen molar-refractivity contribution in [1.29, 1.82) is 0 Å². The molecular formula is C17H21N3O7. The molecule has 3 amide bonds. The summed E-state index contributed by atoms with van der Waals surface area (Å²) < 4.78 is 9.84. The maximum Gasteiger partial charge on any atom is 0.338 e. The molecule has 1 atom stereocenters. The van der Waals surface area contributed by atoms with Crippen LogP contribution in [0, 0.1) is 10.1 Å². The Balaban J connectivity index is 2.01. The van der Waals surface area contributed by atoms with Gasteiger partial charge in [0.2, 0.25) is 0 Å². The molecule has 27 heavy (non-hydrogen) atoms. The summed E-state index contributed by atoms with van der Waals surface area (Å²) in [5, 5.41) is 16.1. The molecule has 0 radical (unpaired) electrons. The second-order valence-corrected chi connectivity index (χ2v) is 6.14. The summed E-state index contributed by atoms with van der Waals surface area (Å²) in [5.41, 5.74) is -0.516. The van der Waals surface area contributed by atoms with Crippen LogP contribution >= 0.6 is 0 Å². The number of benzene rings is 1. The Morgan fingerprint density at radius 2 is 1.93 bits per heavy atom. The maximum atomic E-state index is 12.1. The van der Waals surface area contributed by atoms with Gasteiger partial charge >= 0.3 is 17.7 Å². The number of nitrogens with one attached hydrogen (secondary N) is 2. The molecule has 0 unspecified atom stereocenters. The molecular weight excluding hydrogens is 358 g/mol. The lowest BCUT2D eigenvalue weighted by atomic mass is 10.2. The predicted molar refractivity (Wildman–Crippen MR) is 93.5 cm³/mol. The van der Waals surface area contributed by atoms with Crippen molar-refractivity contribution in [2.45, 2.75) is 44.8 Å². The van der Waals surface area contributed by atoms with E-state index in [-0.39, 0.29) is 17.4 Å². The quantitative estimate of drug-likeness (QED) is 0.437. The molecule has 0 saturated heterocycles. The minimum absolute atomic E-state index is 0.0235. The first kappa shape index (κ1) is 20.1. The van der Waals surface area contributed by atoms with E-state index < -0.39 is 34.6 Å². The Morgan fingerprint density at radius 1 is 1.26 bits per heavy atom. The first-order valence-electron chi connectivity index (χ1n) is 8.46. The molecule has 2 N–H and O–H groups in total. The second-order valence-electron chi connectivity index (χ2n) is 6.14. The molecule has 1 fully saturated rings. The van der Waals surface area contributed by atoms with E-state index in [0.29, 0.717) is 0 Å². The van der Waals surface area contributed by atoms with Gasteiger partial charge in [-0.25, -0.2) is 9.59 Å². The van der Waals surface area contributed by atoms with Crippen LogP contribution in [0.5, 0.6) is 5.75 Å². The number of carbonyl (C=O) groups is 3. The number of nitro benzene ring substituents is 1. The standard InChI is InChI=1S/C17H21N3O7/c1-10(15(21)19-17(23)18-12-5-3-4-6-12)27-14-8-7-11(16(22)26-2)9-13(14)20(24)25/h7-10,12H,3-6H2,1-2H3,(H2,18,19,21,23)/t10-/m1/s1. The van der Waals surface area contributed by atoms with Crippen LogP contribution < -0.4 is 15.4 Å². The number of hydrogen-bond donors (Lipinski definition) is 2. The van der Waals surface area contributed by atoms with Gasteiger partial charge in [-0.3, -0.25) is 20.2 Å². The van der Waals surface area contributed by atoms with Gasteiger partial charge in [0.25, 0.3) is 5.91 Å². The van der Waals surface area contributed by atoms with Crippen molar-refractivity contribution in [3.8, 4) is 5.75 Å². The van der Waals surface area contributed by atoms with Crippen LogP contribution in [0.25, 0.3) is 0 Å². The molecule has 1 aromatic rings. The highest BCUT2D eigenvalue weighted by molar-refractivity contribution is 5.96. The molecule has 0 aliphatic heterocycles. The summed E-state index contributed by atoms with van der Waals surface area (Å²) in [6, 6.07) is 2.90. The minimum atomic E-state index is -1.16. The van der Waals surface area contributed by atoms with E-state index in [0.717, 1.165) is 38.9 Å². The third-order valence-corrected chi connectivity index (χ3v) is 4.18. The van der Waals surface area contributed by atoms with Crippen molar-refractivity contribution < 1.29 is 28.8 Å². The number of amides is 3. The Bertz CT molecular complexity index is 744. The van der Waals surface area contributed by atoms with E-state index in [1.54, 1.807) is 0 Å². The van der Waals surface area contributed by atoms with E-state index in [1.165, 1.54) is 19.1 Å². The van der Waals surface area contributed by atoms with Crippen LogP contribution in [-0.4, -0.2) is 42.1 Å². The van der Waals surface area contributed by atoms with Crippen LogP contribution in [0.4, 0.5) is 10.5 Å². The van der Waals surface area contributed by atoms with Gasteiger partial charge in [-0.05, 0) is 31.9 Å². The maximum absolute atomic E-state index is 12.1. The average molecular weight is 379 g/mol. The zero-order valence-corrected chi connectivity index (χ0v) is 15.0. The highest BCUT2D eigenvalue weighted by atomic mass is 16.6. The molecule has 1 saturated carbocycles. The van der Waals surface area contributed by atoms with Crippen molar-refractivity contribution in [1.82, 2.24) is 10.6 Å². The van der Waals surface area contributed by atoms with E-state index in [1.807, 2.05) is 0 Å². The van der Waals surface area contributed by atoms with E-state index in [2.05, 4.69) is 15.4 Å². The largest absolute Gasteiger partial charge is 0.474 e. The Labute approximate surface area is 155 Å². The summed E-state index contributed by atoms with van der Waals surface area (Å²) in [6.45, 7) is 1.36. The monoisotopic (exact) mass is 379 g/mol. The topological polar surface area (TPSA) is 137 Å². The number of urea groups is 1. The fourth-order valence-corrected chi connectivity index (χ4v) is 2.75. The molecule has 10 nitrogen and oxygen atoms in total. The molecule has 146 valence electrons. The molecule has 1 aliphatic rings. The van der Waals surface area contributed by atoms with Crippen molar-refractivity contribution in [2.75, 3.05) is 7.11 Å². The van der Waals surface area contributed by atoms with Crippen molar-refractivity contribution in [2.24, 2.45) is 0 Å². The van der Waals surface area contributed by atoms with Gasteiger partial charge in [-0.15, -0.1) is 0 Å². The lowest BCUT2D eigenvalue weighted by Gasteiger charge is -2.16. The van der Waals surface area contributed by atoms with Gasteiger partial charge in [0.15, 0.2) is 11.9 Å². The second kappa shape index (κ2) is 8.97. The Morgan fingerprint density at radius 3 is 2.52 bits per heavy atom. The van der Waals surface area contributed by atoms with Crippen molar-refractivity contribution in [3.05, 3.63) is 33.9 Å². The molecule has 0 aromatic heterocycles. The lowest BCUT2D eigenvalue weighted by Crippen LogP contribution is -2.47. The zero-order chi connectivity index (χ0) is 20.0. The fraction of sp³-hybridized carbons (Fsp3) is 0.471. The molecule has 1 aliphatic carbocycles. The molecule has 10 heteroatoms. The van der Waals surface area contributed by atoms with Gasteiger partial charge in [0.05, 0.1) is 17.6 Å². The fourth-order valence-electron chi connectivity index (χ4n) is 2.75. The molecule has 0 spiro atoms. The molecule has 0 bridgehead atoms. The summed E-state index contributed by atoms with van der Waals surface area (Å²) in [4.78, 5) is 45.9. The summed E-state index contributed by atoms with van der Waals surface area (Å²) in [7, 11) is 1.15. The zero-order valence-electron chi connectivity index (χ0n) is 15.0. The smallest absolute Gasteiger partial charge is 0.338 e. The SMILES string of the molecule is COC(=O)c1ccc(O[C@H](C)C(=O)NC(=O)NC2CCCC2)c([N+](=O)[O-])c1. The summed E-state index contributed by atoms with van der Waals surface area (Å²) in [6.07, 6.45) is 2.63. The first-order chi connectivity index (χ1) is 12.8. The van der Waals surface area contributed by atoms with Gasteiger partial charge in [-0.2, -0.15) is 0 Å². The highest BCUT2D eigenvalue weighted by Gasteiger charge is 2.25. The Hall–Kier alpha value is -3.17. The number of carbonyl (C=O) groups excluding carboxylic acids is 3. The number of nitro groups is 1. The summed E-state index contributed by atoms with van der Waals surface area (Å²) >= 11 is 0. The van der Waals surface area contributed by atoms with E-state index >= 15 is 0 Å². The van der Waals surface area contributed by atoms with Gasteiger partial charge in [0.1, 0.15) is 0 Å². The highest BCUT2D eigenvalue weighted by Crippen LogP contribution is 2.29.